The van der Waals surface area contributed by atoms with Crippen LogP contribution in [0.15, 0.2) is 42.5 Å². The molecule has 2 heterocycles. The van der Waals surface area contributed by atoms with Crippen LogP contribution in [0.3, 0.4) is 0 Å². The van der Waals surface area contributed by atoms with Gasteiger partial charge in [-0.2, -0.15) is 0 Å². The van der Waals surface area contributed by atoms with E-state index in [1.165, 1.54) is 0 Å². The third-order valence-electron chi connectivity index (χ3n) is 4.26. The number of nitrogens with one attached hydrogen (secondary N) is 1. The Kier molecular flexibility index (Phi) is 3.65. The van der Waals surface area contributed by atoms with Crippen LogP contribution in [0.2, 0.25) is 5.02 Å². The number of methoxy groups -OCH3 is 1. The van der Waals surface area contributed by atoms with E-state index >= 15 is 0 Å². The van der Waals surface area contributed by atoms with E-state index in [9.17, 15) is 0 Å². The topological polar surface area (TPSA) is 52.0 Å². The van der Waals surface area contributed by atoms with Crippen LogP contribution in [0.4, 0.5) is 5.69 Å². The highest BCUT2D eigenvalue weighted by Crippen LogP contribution is 2.35. The van der Waals surface area contributed by atoms with E-state index in [-0.39, 0.29) is 5.92 Å². The second-order valence-electron chi connectivity index (χ2n) is 5.89. The zero-order valence-corrected chi connectivity index (χ0v) is 14.2. The molecule has 24 heavy (non-hydrogen) atoms. The molecule has 6 heteroatoms. The molecule has 1 aliphatic rings. The summed E-state index contributed by atoms with van der Waals surface area (Å²) < 4.78 is 7.42. The number of halogens is 1. The number of rotatable bonds is 2. The van der Waals surface area contributed by atoms with Gasteiger partial charge in [-0.15, -0.1) is 10.2 Å². The van der Waals surface area contributed by atoms with Gasteiger partial charge >= 0.3 is 0 Å². The Hall–Kier alpha value is -2.53. The second-order valence-corrected chi connectivity index (χ2v) is 6.33. The van der Waals surface area contributed by atoms with Gasteiger partial charge in [0.05, 0.1) is 18.5 Å². The molecule has 0 aliphatic carbocycles. The predicted octanol–water partition coefficient (Wildman–Crippen LogP) is 4.13. The van der Waals surface area contributed by atoms with Gasteiger partial charge in [0.2, 0.25) is 0 Å². The lowest BCUT2D eigenvalue weighted by Crippen LogP contribution is -2.09. The maximum absolute atomic E-state index is 6.24. The molecule has 1 aromatic heterocycles. The number of ether oxygens (including phenoxy) is 1. The van der Waals surface area contributed by atoms with Crippen molar-refractivity contribution in [3.05, 3.63) is 53.3 Å². The largest absolute Gasteiger partial charge is 0.497 e. The molecule has 4 rings (SSSR count). The molecule has 2 aromatic carbocycles. The SMILES string of the molecule is COc1cccc(-c2nnc3n2-c2cc(Cl)ccc2NC[C@@H]3C)c1. The zero-order chi connectivity index (χ0) is 16.7. The third kappa shape index (κ3) is 2.41. The summed E-state index contributed by atoms with van der Waals surface area (Å²) in [5.41, 5.74) is 2.94. The average Bonchev–Trinajstić information content (AvgIpc) is 3.00. The van der Waals surface area contributed by atoms with Crippen LogP contribution >= 0.6 is 11.6 Å². The van der Waals surface area contributed by atoms with Crippen molar-refractivity contribution < 1.29 is 4.74 Å². The maximum Gasteiger partial charge on any atom is 0.168 e. The van der Waals surface area contributed by atoms with E-state index in [4.69, 9.17) is 16.3 Å². The minimum absolute atomic E-state index is 0.225. The predicted molar refractivity (Wildman–Crippen MR) is 95.3 cm³/mol. The van der Waals surface area contributed by atoms with Gasteiger partial charge in [-0.25, -0.2) is 0 Å². The fraction of sp³-hybridized carbons (Fsp3) is 0.222. The van der Waals surface area contributed by atoms with Crippen LogP contribution in [0.5, 0.6) is 5.75 Å². The van der Waals surface area contributed by atoms with Crippen LogP contribution in [-0.4, -0.2) is 28.4 Å². The summed E-state index contributed by atoms with van der Waals surface area (Å²) in [5, 5.41) is 13.0. The van der Waals surface area contributed by atoms with Crippen molar-refractivity contribution >= 4 is 17.3 Å². The van der Waals surface area contributed by atoms with Crippen molar-refractivity contribution in [3.8, 4) is 22.8 Å². The molecule has 0 radical (unpaired) electrons. The molecule has 0 fully saturated rings. The molecule has 3 aromatic rings. The molecule has 122 valence electrons. The van der Waals surface area contributed by atoms with Gasteiger partial charge < -0.3 is 10.1 Å². The van der Waals surface area contributed by atoms with Crippen LogP contribution < -0.4 is 10.1 Å². The van der Waals surface area contributed by atoms with Crippen LogP contribution in [0.1, 0.15) is 18.7 Å². The summed E-state index contributed by atoms with van der Waals surface area (Å²) in [6, 6.07) is 13.7. The van der Waals surface area contributed by atoms with E-state index in [1.807, 2.05) is 42.5 Å². The first-order chi connectivity index (χ1) is 11.7. The fourth-order valence-electron chi connectivity index (χ4n) is 3.00. The monoisotopic (exact) mass is 340 g/mol. The molecule has 0 bridgehead atoms. The molecule has 0 unspecified atom stereocenters. The van der Waals surface area contributed by atoms with Gasteiger partial charge in [-0.3, -0.25) is 4.57 Å². The minimum Gasteiger partial charge on any atom is -0.497 e. The Morgan fingerprint density at radius 2 is 2.08 bits per heavy atom. The average molecular weight is 341 g/mol. The van der Waals surface area contributed by atoms with Crippen molar-refractivity contribution in [1.82, 2.24) is 14.8 Å². The molecule has 0 saturated heterocycles. The Labute approximate surface area is 145 Å². The van der Waals surface area contributed by atoms with Crippen molar-refractivity contribution in [2.24, 2.45) is 0 Å². The number of nitrogens with zero attached hydrogens (tertiary/aromatic N) is 3. The second kappa shape index (κ2) is 5.83. The fourth-order valence-corrected chi connectivity index (χ4v) is 3.16. The summed E-state index contributed by atoms with van der Waals surface area (Å²) in [6.07, 6.45) is 0. The number of anilines is 1. The lowest BCUT2D eigenvalue weighted by molar-refractivity contribution is 0.415. The maximum atomic E-state index is 6.24. The molecule has 0 spiro atoms. The van der Waals surface area contributed by atoms with Gasteiger partial charge in [-0.05, 0) is 30.3 Å². The van der Waals surface area contributed by atoms with Gasteiger partial charge in [0.15, 0.2) is 5.82 Å². The highest BCUT2D eigenvalue weighted by atomic mass is 35.5. The quantitative estimate of drug-likeness (QED) is 0.762. The molecule has 1 atom stereocenters. The number of fused-ring (bicyclic) bond motifs is 3. The lowest BCUT2D eigenvalue weighted by atomic mass is 10.1. The smallest absolute Gasteiger partial charge is 0.168 e. The van der Waals surface area contributed by atoms with Crippen molar-refractivity contribution in [1.29, 1.82) is 0 Å². The van der Waals surface area contributed by atoms with Gasteiger partial charge in [-0.1, -0.05) is 30.7 Å². The van der Waals surface area contributed by atoms with E-state index in [0.717, 1.165) is 40.9 Å². The van der Waals surface area contributed by atoms with Crippen molar-refractivity contribution in [2.45, 2.75) is 12.8 Å². The molecular weight excluding hydrogens is 324 g/mol. The van der Waals surface area contributed by atoms with Crippen LogP contribution in [0, 0.1) is 0 Å². The molecule has 0 amide bonds. The summed E-state index contributed by atoms with van der Waals surface area (Å²) in [5.74, 6) is 2.71. The first kappa shape index (κ1) is 15.0. The summed E-state index contributed by atoms with van der Waals surface area (Å²) in [7, 11) is 1.66. The molecule has 0 saturated carbocycles. The standard InChI is InChI=1S/C18H17ClN4O/c1-11-10-20-15-7-6-13(19)9-16(15)23-17(11)21-22-18(23)12-4-3-5-14(8-12)24-2/h3-9,11,20H,10H2,1-2H3/t11-/m0/s1. The first-order valence-corrected chi connectivity index (χ1v) is 8.18. The molecule has 5 nitrogen and oxygen atoms in total. The highest BCUT2D eigenvalue weighted by molar-refractivity contribution is 6.30. The van der Waals surface area contributed by atoms with Crippen LogP contribution in [0.25, 0.3) is 17.1 Å². The Bertz CT molecular complexity index is 906. The van der Waals surface area contributed by atoms with E-state index in [2.05, 4.69) is 27.0 Å². The van der Waals surface area contributed by atoms with Crippen molar-refractivity contribution in [2.75, 3.05) is 19.0 Å². The summed E-state index contributed by atoms with van der Waals surface area (Å²) in [4.78, 5) is 0. The summed E-state index contributed by atoms with van der Waals surface area (Å²) >= 11 is 6.24. The Balaban J connectivity index is 1.97. The lowest BCUT2D eigenvalue weighted by Gasteiger charge is -2.13. The zero-order valence-electron chi connectivity index (χ0n) is 13.5. The third-order valence-corrected chi connectivity index (χ3v) is 4.49. The van der Waals surface area contributed by atoms with E-state index < -0.39 is 0 Å². The van der Waals surface area contributed by atoms with Gasteiger partial charge in [0.1, 0.15) is 11.6 Å². The van der Waals surface area contributed by atoms with Crippen molar-refractivity contribution in [3.63, 3.8) is 0 Å². The number of hydrogen-bond acceptors (Lipinski definition) is 4. The first-order valence-electron chi connectivity index (χ1n) is 7.81. The number of hydrogen-bond donors (Lipinski definition) is 1. The summed E-state index contributed by atoms with van der Waals surface area (Å²) in [6.45, 7) is 2.93. The highest BCUT2D eigenvalue weighted by Gasteiger charge is 2.25. The Morgan fingerprint density at radius 1 is 1.21 bits per heavy atom. The number of aromatic nitrogens is 3. The van der Waals surface area contributed by atoms with Crippen LogP contribution in [-0.2, 0) is 0 Å². The minimum atomic E-state index is 0.225. The molecule has 1 aliphatic heterocycles. The number of benzene rings is 2. The van der Waals surface area contributed by atoms with E-state index in [0.29, 0.717) is 5.02 Å². The normalized spacial score (nSPS) is 15.9. The molecular formula is C18H17ClN4O. The van der Waals surface area contributed by atoms with Gasteiger partial charge in [0.25, 0.3) is 0 Å². The van der Waals surface area contributed by atoms with E-state index in [1.54, 1.807) is 7.11 Å². The molecule has 1 N–H and O–H groups in total. The van der Waals surface area contributed by atoms with Gasteiger partial charge in [0, 0.05) is 23.0 Å². The Morgan fingerprint density at radius 3 is 2.92 bits per heavy atom.